The van der Waals surface area contributed by atoms with Gasteiger partial charge < -0.3 is 5.32 Å². The Balaban J connectivity index is 1.80. The lowest BCUT2D eigenvalue weighted by Crippen LogP contribution is -2.40. The van der Waals surface area contributed by atoms with Crippen LogP contribution in [-0.2, 0) is 27.9 Å². The quantitative estimate of drug-likeness (QED) is 0.569. The number of amides is 1. The molecular weight excluding hydrogens is 427 g/mol. The van der Waals surface area contributed by atoms with Crippen molar-refractivity contribution < 1.29 is 17.6 Å². The molecule has 0 radical (unpaired) electrons. The summed E-state index contributed by atoms with van der Waals surface area (Å²) in [6.45, 7) is -0.176. The monoisotopic (exact) mass is 446 g/mol. The molecule has 30 heavy (non-hydrogen) atoms. The summed E-state index contributed by atoms with van der Waals surface area (Å²) in [6.07, 6.45) is 0. The predicted molar refractivity (Wildman–Crippen MR) is 114 cm³/mol. The number of rotatable bonds is 8. The van der Waals surface area contributed by atoms with Gasteiger partial charge in [-0.25, -0.2) is 12.8 Å². The van der Waals surface area contributed by atoms with E-state index in [0.29, 0.717) is 10.6 Å². The Morgan fingerprint density at radius 1 is 0.900 bits per heavy atom. The minimum Gasteiger partial charge on any atom is -0.351 e. The Bertz CT molecular complexity index is 1090. The molecule has 3 aromatic rings. The van der Waals surface area contributed by atoms with Crippen molar-refractivity contribution >= 4 is 27.5 Å². The summed E-state index contributed by atoms with van der Waals surface area (Å²) in [4.78, 5) is 12.5. The third-order valence-electron chi connectivity index (χ3n) is 4.38. The molecular formula is C22H20ClFN2O3S. The number of hydrogen-bond acceptors (Lipinski definition) is 3. The van der Waals surface area contributed by atoms with Gasteiger partial charge in [-0.3, -0.25) is 4.79 Å². The van der Waals surface area contributed by atoms with E-state index in [1.165, 1.54) is 48.5 Å². The van der Waals surface area contributed by atoms with Crippen LogP contribution in [0.1, 0.15) is 11.1 Å². The first kappa shape index (κ1) is 22.0. The highest BCUT2D eigenvalue weighted by Crippen LogP contribution is 2.20. The summed E-state index contributed by atoms with van der Waals surface area (Å²) in [5.74, 6) is -0.870. The van der Waals surface area contributed by atoms with Crippen molar-refractivity contribution in [2.45, 2.75) is 18.0 Å². The highest BCUT2D eigenvalue weighted by atomic mass is 35.5. The van der Waals surface area contributed by atoms with E-state index in [1.54, 1.807) is 0 Å². The summed E-state index contributed by atoms with van der Waals surface area (Å²) < 4.78 is 40.6. The first-order valence-corrected chi connectivity index (χ1v) is 11.0. The van der Waals surface area contributed by atoms with Gasteiger partial charge in [0.25, 0.3) is 0 Å². The van der Waals surface area contributed by atoms with Gasteiger partial charge in [0.15, 0.2) is 0 Å². The van der Waals surface area contributed by atoms with Crippen LogP contribution < -0.4 is 5.32 Å². The van der Waals surface area contributed by atoms with Gasteiger partial charge in [-0.05, 0) is 47.5 Å². The Labute approximate surface area is 180 Å². The molecule has 0 atom stereocenters. The zero-order valence-corrected chi connectivity index (χ0v) is 17.5. The first-order valence-electron chi connectivity index (χ1n) is 9.15. The van der Waals surface area contributed by atoms with Crippen LogP contribution in [0.5, 0.6) is 0 Å². The van der Waals surface area contributed by atoms with Gasteiger partial charge in [-0.1, -0.05) is 54.1 Å². The van der Waals surface area contributed by atoms with Crippen molar-refractivity contribution in [1.82, 2.24) is 9.62 Å². The van der Waals surface area contributed by atoms with Gasteiger partial charge in [0.05, 0.1) is 11.4 Å². The fourth-order valence-electron chi connectivity index (χ4n) is 2.79. The molecule has 0 aliphatic heterocycles. The molecule has 5 nitrogen and oxygen atoms in total. The van der Waals surface area contributed by atoms with E-state index in [4.69, 9.17) is 11.6 Å². The molecule has 0 saturated heterocycles. The Morgan fingerprint density at radius 2 is 1.53 bits per heavy atom. The average Bonchev–Trinajstić information content (AvgIpc) is 2.74. The second-order valence-corrected chi connectivity index (χ2v) is 8.99. The van der Waals surface area contributed by atoms with E-state index in [0.717, 1.165) is 9.87 Å². The highest BCUT2D eigenvalue weighted by Gasteiger charge is 2.27. The number of sulfonamides is 1. The highest BCUT2D eigenvalue weighted by molar-refractivity contribution is 7.89. The van der Waals surface area contributed by atoms with E-state index in [1.807, 2.05) is 30.3 Å². The summed E-state index contributed by atoms with van der Waals surface area (Å²) in [5.41, 5.74) is 1.46. The molecule has 3 rings (SSSR count). The van der Waals surface area contributed by atoms with Crippen LogP contribution in [0.4, 0.5) is 4.39 Å². The SMILES string of the molecule is O=C(CN(Cc1ccc(F)cc1)S(=O)(=O)c1ccc(Cl)cc1)NCc1ccccc1. The number of hydrogen-bond donors (Lipinski definition) is 1. The number of carbonyl (C=O) groups excluding carboxylic acids is 1. The smallest absolute Gasteiger partial charge is 0.243 e. The predicted octanol–water partition coefficient (Wildman–Crippen LogP) is 3.99. The number of nitrogens with one attached hydrogen (secondary N) is 1. The van der Waals surface area contributed by atoms with Gasteiger partial charge in [0.2, 0.25) is 15.9 Å². The molecule has 3 aromatic carbocycles. The molecule has 1 amide bonds. The van der Waals surface area contributed by atoms with Crippen LogP contribution in [0.15, 0.2) is 83.8 Å². The van der Waals surface area contributed by atoms with Crippen LogP contribution in [0, 0.1) is 5.82 Å². The third-order valence-corrected chi connectivity index (χ3v) is 6.43. The van der Waals surface area contributed by atoms with Crippen LogP contribution in [-0.4, -0.2) is 25.2 Å². The second-order valence-electron chi connectivity index (χ2n) is 6.62. The van der Waals surface area contributed by atoms with E-state index in [9.17, 15) is 17.6 Å². The zero-order valence-electron chi connectivity index (χ0n) is 16.0. The van der Waals surface area contributed by atoms with Gasteiger partial charge in [-0.15, -0.1) is 0 Å². The largest absolute Gasteiger partial charge is 0.351 e. The fraction of sp³-hybridized carbons (Fsp3) is 0.136. The molecule has 8 heteroatoms. The van der Waals surface area contributed by atoms with E-state index in [-0.39, 0.29) is 24.5 Å². The van der Waals surface area contributed by atoms with Crippen molar-refractivity contribution in [2.24, 2.45) is 0 Å². The number of halogens is 2. The lowest BCUT2D eigenvalue weighted by molar-refractivity contribution is -0.121. The third kappa shape index (κ3) is 5.89. The number of nitrogens with zero attached hydrogens (tertiary/aromatic N) is 1. The average molecular weight is 447 g/mol. The minimum absolute atomic E-state index is 0.0184. The fourth-order valence-corrected chi connectivity index (χ4v) is 4.30. The number of benzene rings is 3. The van der Waals surface area contributed by atoms with Gasteiger partial charge in [0, 0.05) is 18.1 Å². The normalized spacial score (nSPS) is 11.4. The molecule has 1 N–H and O–H groups in total. The maximum absolute atomic E-state index is 13.2. The number of carbonyl (C=O) groups is 1. The molecule has 0 spiro atoms. The topological polar surface area (TPSA) is 66.5 Å². The van der Waals surface area contributed by atoms with Crippen molar-refractivity contribution in [1.29, 1.82) is 0 Å². The molecule has 0 fully saturated rings. The maximum atomic E-state index is 13.2. The molecule has 0 saturated carbocycles. The molecule has 0 bridgehead atoms. The van der Waals surface area contributed by atoms with Crippen molar-refractivity contribution in [3.63, 3.8) is 0 Å². The van der Waals surface area contributed by atoms with Gasteiger partial charge >= 0.3 is 0 Å². The molecule has 0 aliphatic rings. The maximum Gasteiger partial charge on any atom is 0.243 e. The zero-order chi connectivity index (χ0) is 21.6. The van der Waals surface area contributed by atoms with Crippen LogP contribution in [0.25, 0.3) is 0 Å². The molecule has 0 aliphatic carbocycles. The van der Waals surface area contributed by atoms with Crippen molar-refractivity contribution in [2.75, 3.05) is 6.54 Å². The standard InChI is InChI=1S/C22H20ClFN2O3S/c23-19-8-12-21(13-9-19)30(28,29)26(15-18-6-10-20(24)11-7-18)16-22(27)25-14-17-4-2-1-3-5-17/h1-13H,14-16H2,(H,25,27). The van der Waals surface area contributed by atoms with Crippen molar-refractivity contribution in [3.8, 4) is 0 Å². The lowest BCUT2D eigenvalue weighted by atomic mass is 10.2. The Hall–Kier alpha value is -2.74. The van der Waals surface area contributed by atoms with Crippen LogP contribution in [0.3, 0.4) is 0 Å². The molecule has 0 unspecified atom stereocenters. The van der Waals surface area contributed by atoms with Crippen LogP contribution in [0.2, 0.25) is 5.02 Å². The van der Waals surface area contributed by atoms with Gasteiger partial charge in [0.1, 0.15) is 5.82 Å². The molecule has 156 valence electrons. The van der Waals surface area contributed by atoms with E-state index >= 15 is 0 Å². The molecule has 0 heterocycles. The lowest BCUT2D eigenvalue weighted by Gasteiger charge is -2.22. The second kappa shape index (κ2) is 9.84. The van der Waals surface area contributed by atoms with Crippen molar-refractivity contribution in [3.05, 3.63) is 101 Å². The summed E-state index contributed by atoms with van der Waals surface area (Å²) in [5, 5.41) is 3.13. The molecule has 0 aromatic heterocycles. The van der Waals surface area contributed by atoms with Crippen LogP contribution >= 0.6 is 11.6 Å². The van der Waals surface area contributed by atoms with E-state index in [2.05, 4.69) is 5.32 Å². The summed E-state index contributed by atoms with van der Waals surface area (Å²) in [7, 11) is -3.98. The summed E-state index contributed by atoms with van der Waals surface area (Å²) >= 11 is 5.86. The first-order chi connectivity index (χ1) is 14.3. The minimum atomic E-state index is -3.98. The van der Waals surface area contributed by atoms with Gasteiger partial charge in [-0.2, -0.15) is 4.31 Å². The Kier molecular flexibility index (Phi) is 7.20. The summed E-state index contributed by atoms with van der Waals surface area (Å²) in [6, 6.07) is 20.5. The van der Waals surface area contributed by atoms with E-state index < -0.39 is 21.7 Å². The Morgan fingerprint density at radius 3 is 2.17 bits per heavy atom.